The predicted molar refractivity (Wildman–Crippen MR) is 71.5 cm³/mol. The van der Waals surface area contributed by atoms with E-state index in [0.29, 0.717) is 12.3 Å². The minimum absolute atomic E-state index is 0.0851. The Bertz CT molecular complexity index is 381. The highest BCUT2D eigenvalue weighted by atomic mass is 32.2. The fourth-order valence-electron chi connectivity index (χ4n) is 1.28. The first-order valence-electron chi connectivity index (χ1n) is 5.49. The Morgan fingerprint density at radius 2 is 2.00 bits per heavy atom. The molecule has 17 heavy (non-hydrogen) atoms. The van der Waals surface area contributed by atoms with Gasteiger partial charge in [-0.1, -0.05) is 18.2 Å². The molecule has 0 aliphatic rings. The number of amides is 1. The van der Waals surface area contributed by atoms with Gasteiger partial charge in [-0.25, -0.2) is 0 Å². The summed E-state index contributed by atoms with van der Waals surface area (Å²) in [6.07, 6.45) is 1.65. The van der Waals surface area contributed by atoms with Gasteiger partial charge in [0.05, 0.1) is 6.04 Å². The second-order valence-corrected chi connectivity index (χ2v) is 5.36. The Balaban J connectivity index is 2.34. The molecule has 0 heterocycles. The SMILES string of the molecule is CC(NCCS(C)=O)C(=O)Nc1ccccc1. The fraction of sp³-hybridized carbons (Fsp3) is 0.417. The zero-order chi connectivity index (χ0) is 12.7. The zero-order valence-electron chi connectivity index (χ0n) is 10.1. The van der Waals surface area contributed by atoms with E-state index in [2.05, 4.69) is 10.6 Å². The molecule has 0 saturated heterocycles. The van der Waals surface area contributed by atoms with Crippen LogP contribution in [0.2, 0.25) is 0 Å². The van der Waals surface area contributed by atoms with Crippen LogP contribution in [-0.4, -0.2) is 34.7 Å². The number of hydrogen-bond acceptors (Lipinski definition) is 3. The van der Waals surface area contributed by atoms with Gasteiger partial charge in [-0.3, -0.25) is 9.00 Å². The van der Waals surface area contributed by atoms with E-state index in [1.54, 1.807) is 13.2 Å². The lowest BCUT2D eigenvalue weighted by Gasteiger charge is -2.13. The molecule has 0 aromatic heterocycles. The average Bonchev–Trinajstić information content (AvgIpc) is 2.29. The lowest BCUT2D eigenvalue weighted by Crippen LogP contribution is -2.39. The topological polar surface area (TPSA) is 58.2 Å². The summed E-state index contributed by atoms with van der Waals surface area (Å²) in [6.45, 7) is 2.36. The third-order valence-electron chi connectivity index (χ3n) is 2.27. The Morgan fingerprint density at radius 3 is 2.59 bits per heavy atom. The van der Waals surface area contributed by atoms with Crippen LogP contribution >= 0.6 is 0 Å². The standard InChI is InChI=1S/C12H18N2O2S/c1-10(13-8-9-17(2)16)12(15)14-11-6-4-3-5-7-11/h3-7,10,13H,8-9H2,1-2H3,(H,14,15). The first-order valence-corrected chi connectivity index (χ1v) is 7.21. The molecular formula is C12H18N2O2S. The molecule has 0 bridgehead atoms. The van der Waals surface area contributed by atoms with Gasteiger partial charge in [0, 0.05) is 35.0 Å². The largest absolute Gasteiger partial charge is 0.325 e. The number of anilines is 1. The van der Waals surface area contributed by atoms with E-state index in [4.69, 9.17) is 0 Å². The number of carbonyl (C=O) groups excluding carboxylic acids is 1. The molecular weight excluding hydrogens is 236 g/mol. The van der Waals surface area contributed by atoms with Crippen molar-refractivity contribution in [2.24, 2.45) is 0 Å². The smallest absolute Gasteiger partial charge is 0.241 e. The van der Waals surface area contributed by atoms with Gasteiger partial charge in [-0.15, -0.1) is 0 Å². The van der Waals surface area contributed by atoms with Crippen LogP contribution in [0.3, 0.4) is 0 Å². The van der Waals surface area contributed by atoms with Gasteiger partial charge in [-0.05, 0) is 19.1 Å². The van der Waals surface area contributed by atoms with Gasteiger partial charge in [0.2, 0.25) is 5.91 Å². The predicted octanol–water partition coefficient (Wildman–Crippen LogP) is 0.982. The minimum Gasteiger partial charge on any atom is -0.325 e. The molecule has 0 spiro atoms. The van der Waals surface area contributed by atoms with Crippen LogP contribution in [0.5, 0.6) is 0 Å². The van der Waals surface area contributed by atoms with Crippen LogP contribution in [0.4, 0.5) is 5.69 Å². The maximum Gasteiger partial charge on any atom is 0.241 e. The van der Waals surface area contributed by atoms with E-state index >= 15 is 0 Å². The van der Waals surface area contributed by atoms with Crippen molar-refractivity contribution in [1.82, 2.24) is 5.32 Å². The van der Waals surface area contributed by atoms with Crippen LogP contribution < -0.4 is 10.6 Å². The second-order valence-electron chi connectivity index (χ2n) is 3.81. The van der Waals surface area contributed by atoms with E-state index in [9.17, 15) is 9.00 Å². The van der Waals surface area contributed by atoms with Crippen LogP contribution in [0.1, 0.15) is 6.92 Å². The number of hydrogen-bond donors (Lipinski definition) is 2. The van der Waals surface area contributed by atoms with E-state index in [1.165, 1.54) is 0 Å². The van der Waals surface area contributed by atoms with Crippen LogP contribution in [-0.2, 0) is 15.6 Å². The van der Waals surface area contributed by atoms with Crippen molar-refractivity contribution in [2.45, 2.75) is 13.0 Å². The van der Waals surface area contributed by atoms with Crippen molar-refractivity contribution in [3.63, 3.8) is 0 Å². The van der Waals surface area contributed by atoms with Crippen molar-refractivity contribution in [3.8, 4) is 0 Å². The summed E-state index contributed by atoms with van der Waals surface area (Å²) >= 11 is 0. The van der Waals surface area contributed by atoms with E-state index < -0.39 is 10.8 Å². The summed E-state index contributed by atoms with van der Waals surface area (Å²) in [6, 6.07) is 9.02. The van der Waals surface area contributed by atoms with Gasteiger partial charge in [0.1, 0.15) is 0 Å². The lowest BCUT2D eigenvalue weighted by molar-refractivity contribution is -0.117. The summed E-state index contributed by atoms with van der Waals surface area (Å²) in [5.74, 6) is 0.473. The molecule has 0 radical (unpaired) electrons. The second kappa shape index (κ2) is 7.19. The quantitative estimate of drug-likeness (QED) is 0.795. The summed E-state index contributed by atoms with van der Waals surface area (Å²) < 4.78 is 10.9. The molecule has 2 N–H and O–H groups in total. The van der Waals surface area contributed by atoms with E-state index in [1.807, 2.05) is 30.3 Å². The summed E-state index contributed by atoms with van der Waals surface area (Å²) in [5, 5.41) is 5.83. The molecule has 1 rings (SSSR count). The van der Waals surface area contributed by atoms with E-state index in [-0.39, 0.29) is 11.9 Å². The summed E-state index contributed by atoms with van der Waals surface area (Å²) in [5.41, 5.74) is 0.783. The summed E-state index contributed by atoms with van der Waals surface area (Å²) in [7, 11) is -0.827. The average molecular weight is 254 g/mol. The third-order valence-corrected chi connectivity index (χ3v) is 3.05. The highest BCUT2D eigenvalue weighted by molar-refractivity contribution is 7.84. The Hall–Kier alpha value is -1.20. The van der Waals surface area contributed by atoms with Gasteiger partial charge in [-0.2, -0.15) is 0 Å². The molecule has 1 aromatic rings. The highest BCUT2D eigenvalue weighted by Gasteiger charge is 2.11. The number of carbonyl (C=O) groups is 1. The summed E-state index contributed by atoms with van der Waals surface area (Å²) in [4.78, 5) is 11.7. The Morgan fingerprint density at radius 1 is 1.35 bits per heavy atom. The van der Waals surface area contributed by atoms with Gasteiger partial charge in [0.15, 0.2) is 0 Å². The van der Waals surface area contributed by atoms with Gasteiger partial charge in [0.25, 0.3) is 0 Å². The van der Waals surface area contributed by atoms with Gasteiger partial charge >= 0.3 is 0 Å². The maximum atomic E-state index is 11.7. The highest BCUT2D eigenvalue weighted by Crippen LogP contribution is 2.05. The molecule has 4 nitrogen and oxygen atoms in total. The molecule has 0 aliphatic heterocycles. The number of nitrogens with one attached hydrogen (secondary N) is 2. The molecule has 0 saturated carbocycles. The molecule has 2 unspecified atom stereocenters. The number of para-hydroxylation sites is 1. The Kier molecular flexibility index (Phi) is 5.86. The van der Waals surface area contributed by atoms with E-state index in [0.717, 1.165) is 5.69 Å². The van der Waals surface area contributed by atoms with Crippen molar-refractivity contribution < 1.29 is 9.00 Å². The maximum absolute atomic E-state index is 11.7. The van der Waals surface area contributed by atoms with Crippen molar-refractivity contribution >= 4 is 22.4 Å². The number of rotatable bonds is 6. The normalized spacial score (nSPS) is 14.0. The lowest BCUT2D eigenvalue weighted by atomic mass is 10.2. The van der Waals surface area contributed by atoms with Crippen LogP contribution in [0, 0.1) is 0 Å². The monoisotopic (exact) mass is 254 g/mol. The number of benzene rings is 1. The molecule has 1 amide bonds. The first kappa shape index (κ1) is 13.9. The van der Waals surface area contributed by atoms with Crippen molar-refractivity contribution in [3.05, 3.63) is 30.3 Å². The zero-order valence-corrected chi connectivity index (χ0v) is 10.9. The van der Waals surface area contributed by atoms with Crippen molar-refractivity contribution in [2.75, 3.05) is 23.9 Å². The molecule has 1 aromatic carbocycles. The molecule has 5 heteroatoms. The minimum atomic E-state index is -0.827. The Labute approximate surface area is 104 Å². The molecule has 94 valence electrons. The van der Waals surface area contributed by atoms with Gasteiger partial charge < -0.3 is 10.6 Å². The molecule has 2 atom stereocenters. The third kappa shape index (κ3) is 5.60. The first-order chi connectivity index (χ1) is 8.09. The molecule has 0 aliphatic carbocycles. The van der Waals surface area contributed by atoms with Crippen LogP contribution in [0.15, 0.2) is 30.3 Å². The fourth-order valence-corrected chi connectivity index (χ4v) is 1.69. The van der Waals surface area contributed by atoms with Crippen molar-refractivity contribution in [1.29, 1.82) is 0 Å². The molecule has 0 fully saturated rings. The van der Waals surface area contributed by atoms with Crippen LogP contribution in [0.25, 0.3) is 0 Å².